The molecule has 0 radical (unpaired) electrons. The minimum absolute atomic E-state index is 0.101. The normalized spacial score (nSPS) is 32.6. The maximum atomic E-state index is 13.8. The van der Waals surface area contributed by atoms with Crippen molar-refractivity contribution in [2.24, 2.45) is 29.4 Å². The molecular formula is C27H32N2O7. The summed E-state index contributed by atoms with van der Waals surface area (Å²) in [5.41, 5.74) is 4.98. The summed E-state index contributed by atoms with van der Waals surface area (Å²) in [6.07, 6.45) is 4.07. The lowest BCUT2D eigenvalue weighted by Crippen LogP contribution is -2.68. The number of ketones is 4. The first-order chi connectivity index (χ1) is 17.1. The summed E-state index contributed by atoms with van der Waals surface area (Å²) in [5, 5.41) is 22.6. The number of amides is 1. The summed E-state index contributed by atoms with van der Waals surface area (Å²) in [4.78, 5) is 67.0. The van der Waals surface area contributed by atoms with Crippen molar-refractivity contribution < 1.29 is 34.2 Å². The quantitative estimate of drug-likeness (QED) is 0.519. The molecule has 3 fully saturated rings. The highest BCUT2D eigenvalue weighted by atomic mass is 16.3. The topological polar surface area (TPSA) is 155 Å². The number of nitrogens with two attached hydrogens (primary N) is 1. The number of aryl methyl sites for hydroxylation is 1. The van der Waals surface area contributed by atoms with Crippen LogP contribution in [0.15, 0.2) is 6.07 Å². The molecule has 0 aromatic heterocycles. The molecule has 5 rings (SSSR count). The molecular weight excluding hydrogens is 464 g/mol. The highest BCUT2D eigenvalue weighted by Gasteiger charge is 2.66. The van der Waals surface area contributed by atoms with E-state index >= 15 is 0 Å². The zero-order valence-corrected chi connectivity index (χ0v) is 20.4. The van der Waals surface area contributed by atoms with E-state index in [0.717, 1.165) is 31.5 Å². The molecule has 3 aliphatic carbocycles. The number of Topliss-reactive ketones (excluding diaryl/α,β-unsaturated/α-hetero) is 4. The Balaban J connectivity index is 1.55. The van der Waals surface area contributed by atoms with Gasteiger partial charge in [0.15, 0.2) is 34.7 Å². The average molecular weight is 497 g/mol. The largest absolute Gasteiger partial charge is 0.507 e. The van der Waals surface area contributed by atoms with Gasteiger partial charge in [-0.1, -0.05) is 19.4 Å². The summed E-state index contributed by atoms with van der Waals surface area (Å²) < 4.78 is 0. The Morgan fingerprint density at radius 1 is 1.08 bits per heavy atom. The molecule has 5 atom stereocenters. The Labute approximate surface area is 209 Å². The lowest BCUT2D eigenvalue weighted by atomic mass is 9.53. The Kier molecular flexibility index (Phi) is 6.11. The van der Waals surface area contributed by atoms with Gasteiger partial charge in [0.05, 0.1) is 11.5 Å². The number of carbonyl (C=O) groups is 5. The zero-order chi connectivity index (χ0) is 25.9. The van der Waals surface area contributed by atoms with Crippen molar-refractivity contribution in [3.05, 3.63) is 28.3 Å². The van der Waals surface area contributed by atoms with E-state index in [4.69, 9.17) is 5.73 Å². The molecule has 1 aliphatic heterocycles. The molecule has 4 N–H and O–H groups in total. The highest BCUT2D eigenvalue weighted by Crippen LogP contribution is 2.50. The number of carbonyl (C=O) groups excluding carboxylic acids is 5. The maximum Gasteiger partial charge on any atom is 0.235 e. The van der Waals surface area contributed by atoms with Crippen LogP contribution in [0.1, 0.15) is 66.1 Å². The molecule has 1 aromatic carbocycles. The van der Waals surface area contributed by atoms with Gasteiger partial charge in [-0.05, 0) is 62.2 Å². The van der Waals surface area contributed by atoms with Gasteiger partial charge in [0.2, 0.25) is 5.91 Å². The molecule has 1 heterocycles. The van der Waals surface area contributed by atoms with Crippen LogP contribution in [-0.2, 0) is 38.6 Å². The number of hydrogen-bond donors (Lipinski definition) is 3. The lowest BCUT2D eigenvalue weighted by Gasteiger charge is -2.48. The van der Waals surface area contributed by atoms with E-state index in [1.165, 1.54) is 6.42 Å². The molecule has 36 heavy (non-hydrogen) atoms. The predicted octanol–water partition coefficient (Wildman–Crippen LogP) is 0.875. The van der Waals surface area contributed by atoms with E-state index in [1.54, 1.807) is 0 Å². The van der Waals surface area contributed by atoms with Gasteiger partial charge >= 0.3 is 0 Å². The number of rotatable bonds is 4. The fourth-order valence-corrected chi connectivity index (χ4v) is 6.97. The molecule has 1 saturated heterocycles. The highest BCUT2D eigenvalue weighted by molar-refractivity contribution is 6.31. The van der Waals surface area contributed by atoms with E-state index in [0.29, 0.717) is 30.5 Å². The Morgan fingerprint density at radius 3 is 2.42 bits per heavy atom. The fourth-order valence-electron chi connectivity index (χ4n) is 6.97. The van der Waals surface area contributed by atoms with Gasteiger partial charge in [-0.3, -0.25) is 28.9 Å². The second-order valence-corrected chi connectivity index (χ2v) is 10.8. The standard InChI is InChI=1S/C27H32N2O7/c1-2-13-8-15(12-29-6-4-3-5-7-29)22(31)20-17(13)10-14-9-16-11-18(30)21(26(28)35)25(34)27(16,36)24(33)19(14)23(20)32/h8,14,16,19,21,31,36H,2-7,9-12H2,1H3,(H2,28,35)/t14-,16+,19?,21?,27+/m1/s1. The van der Waals surface area contributed by atoms with Crippen LogP contribution in [0.2, 0.25) is 0 Å². The number of fused-ring (bicyclic) bond motifs is 3. The van der Waals surface area contributed by atoms with Crippen molar-refractivity contribution in [3.63, 3.8) is 0 Å². The first kappa shape index (κ1) is 24.8. The van der Waals surface area contributed by atoms with Crippen molar-refractivity contribution in [2.75, 3.05) is 13.1 Å². The molecule has 2 saturated carbocycles. The van der Waals surface area contributed by atoms with Crippen LogP contribution in [0.4, 0.5) is 0 Å². The summed E-state index contributed by atoms with van der Waals surface area (Å²) in [5.74, 6) is -9.61. The maximum absolute atomic E-state index is 13.8. The third kappa shape index (κ3) is 3.55. The number of hydrogen-bond acceptors (Lipinski definition) is 8. The lowest BCUT2D eigenvalue weighted by molar-refractivity contribution is -0.175. The van der Waals surface area contributed by atoms with E-state index in [-0.39, 0.29) is 24.2 Å². The summed E-state index contributed by atoms with van der Waals surface area (Å²) >= 11 is 0. The van der Waals surface area contributed by atoms with Crippen LogP contribution in [0.5, 0.6) is 5.75 Å². The van der Waals surface area contributed by atoms with Crippen molar-refractivity contribution in [1.82, 2.24) is 4.90 Å². The van der Waals surface area contributed by atoms with Crippen LogP contribution >= 0.6 is 0 Å². The van der Waals surface area contributed by atoms with Gasteiger partial charge in [-0.2, -0.15) is 0 Å². The molecule has 9 heteroatoms. The van der Waals surface area contributed by atoms with E-state index < -0.39 is 58.3 Å². The number of primary amides is 1. The number of likely N-dealkylation sites (tertiary alicyclic amines) is 1. The van der Waals surface area contributed by atoms with Gasteiger partial charge in [0.1, 0.15) is 5.75 Å². The van der Waals surface area contributed by atoms with Gasteiger partial charge < -0.3 is 15.9 Å². The molecule has 1 aromatic rings. The number of piperidine rings is 1. The molecule has 0 bridgehead atoms. The first-order valence-electron chi connectivity index (χ1n) is 12.9. The monoisotopic (exact) mass is 496 g/mol. The first-order valence-corrected chi connectivity index (χ1v) is 12.9. The molecule has 9 nitrogen and oxygen atoms in total. The van der Waals surface area contributed by atoms with Crippen molar-refractivity contribution in [2.45, 2.75) is 64.0 Å². The third-order valence-electron chi connectivity index (χ3n) is 8.80. The number of phenolic OH excluding ortho intramolecular Hbond substituents is 1. The Bertz CT molecular complexity index is 1190. The molecule has 0 spiro atoms. The van der Waals surface area contributed by atoms with Gasteiger partial charge in [-0.25, -0.2) is 0 Å². The van der Waals surface area contributed by atoms with Crippen LogP contribution in [0.3, 0.4) is 0 Å². The molecule has 2 unspecified atom stereocenters. The smallest absolute Gasteiger partial charge is 0.235 e. The minimum Gasteiger partial charge on any atom is -0.507 e. The second kappa shape index (κ2) is 8.88. The van der Waals surface area contributed by atoms with Gasteiger partial charge in [0.25, 0.3) is 0 Å². The summed E-state index contributed by atoms with van der Waals surface area (Å²) in [6, 6.07) is 1.95. The summed E-state index contributed by atoms with van der Waals surface area (Å²) in [6.45, 7) is 4.28. The Morgan fingerprint density at radius 2 is 1.78 bits per heavy atom. The predicted molar refractivity (Wildman–Crippen MR) is 127 cm³/mol. The SMILES string of the molecule is CCc1cc(CN2CCCCC2)c(O)c2c1C[C@H]1C[C@H]3CC(=O)C(C(N)=O)C(=O)[C@@]3(O)C(=O)C1C2=O. The van der Waals surface area contributed by atoms with Gasteiger partial charge in [0, 0.05) is 24.4 Å². The number of aliphatic hydroxyl groups is 1. The van der Waals surface area contributed by atoms with E-state index in [9.17, 15) is 34.2 Å². The second-order valence-electron chi connectivity index (χ2n) is 10.8. The molecule has 4 aliphatic rings. The van der Waals surface area contributed by atoms with Crippen LogP contribution in [-0.4, -0.2) is 62.8 Å². The van der Waals surface area contributed by atoms with Crippen LogP contribution < -0.4 is 5.73 Å². The van der Waals surface area contributed by atoms with Crippen LogP contribution in [0, 0.1) is 23.7 Å². The van der Waals surface area contributed by atoms with E-state index in [2.05, 4.69) is 4.90 Å². The van der Waals surface area contributed by atoms with E-state index in [1.807, 2.05) is 13.0 Å². The number of nitrogens with zero attached hydrogens (tertiary/aromatic N) is 1. The zero-order valence-electron chi connectivity index (χ0n) is 20.4. The Hall–Kier alpha value is -2.91. The summed E-state index contributed by atoms with van der Waals surface area (Å²) in [7, 11) is 0. The number of benzene rings is 1. The average Bonchev–Trinajstić information content (AvgIpc) is 2.83. The van der Waals surface area contributed by atoms with Crippen molar-refractivity contribution >= 4 is 29.0 Å². The van der Waals surface area contributed by atoms with Gasteiger partial charge in [-0.15, -0.1) is 0 Å². The van der Waals surface area contributed by atoms with Crippen molar-refractivity contribution in [3.8, 4) is 5.75 Å². The molecule has 192 valence electrons. The fraction of sp³-hybridized carbons (Fsp3) is 0.593. The van der Waals surface area contributed by atoms with Crippen molar-refractivity contribution in [1.29, 1.82) is 0 Å². The number of aromatic hydroxyl groups is 1. The molecule has 1 amide bonds. The van der Waals surface area contributed by atoms with Crippen LogP contribution in [0.25, 0.3) is 0 Å². The minimum atomic E-state index is -2.61. The third-order valence-corrected chi connectivity index (χ3v) is 8.80. The number of phenols is 1.